The van der Waals surface area contributed by atoms with Gasteiger partial charge < -0.3 is 14.6 Å². The zero-order valence-corrected chi connectivity index (χ0v) is 13.5. The van der Waals surface area contributed by atoms with E-state index in [2.05, 4.69) is 13.8 Å². The minimum absolute atomic E-state index is 0.474. The molecule has 1 fully saturated rings. The Morgan fingerprint density at radius 3 is 2.57 bits per heavy atom. The smallest absolute Gasteiger partial charge is 0.125 e. The molecule has 0 spiro atoms. The molecule has 1 N–H and O–H groups in total. The van der Waals surface area contributed by atoms with Gasteiger partial charge in [-0.05, 0) is 44.1 Å². The van der Waals surface area contributed by atoms with Gasteiger partial charge in [0, 0.05) is 12.7 Å². The third kappa shape index (κ3) is 3.58. The van der Waals surface area contributed by atoms with Gasteiger partial charge in [-0.15, -0.1) is 0 Å². The van der Waals surface area contributed by atoms with Gasteiger partial charge in [-0.2, -0.15) is 0 Å². The Balaban J connectivity index is 2.23. The average molecular weight is 292 g/mol. The van der Waals surface area contributed by atoms with Crippen molar-refractivity contribution in [1.82, 2.24) is 0 Å². The number of benzene rings is 1. The molecule has 0 amide bonds. The van der Waals surface area contributed by atoms with Crippen LogP contribution in [0.25, 0.3) is 0 Å². The molecule has 21 heavy (non-hydrogen) atoms. The molecule has 118 valence electrons. The molecule has 0 bridgehead atoms. The quantitative estimate of drug-likeness (QED) is 0.857. The van der Waals surface area contributed by atoms with E-state index in [1.165, 1.54) is 0 Å². The molecular formula is C18H28O3. The van der Waals surface area contributed by atoms with E-state index in [9.17, 15) is 5.11 Å². The first-order valence-corrected chi connectivity index (χ1v) is 8.08. The molecular weight excluding hydrogens is 264 g/mol. The highest BCUT2D eigenvalue weighted by molar-refractivity contribution is 5.36. The highest BCUT2D eigenvalue weighted by Gasteiger charge is 2.42. The zero-order valence-electron chi connectivity index (χ0n) is 13.5. The Bertz CT molecular complexity index is 436. The van der Waals surface area contributed by atoms with Gasteiger partial charge in [0.05, 0.1) is 12.2 Å². The van der Waals surface area contributed by atoms with Crippen LogP contribution in [-0.4, -0.2) is 24.4 Å². The summed E-state index contributed by atoms with van der Waals surface area (Å²) in [6.07, 6.45) is 4.31. The van der Waals surface area contributed by atoms with Crippen molar-refractivity contribution in [2.45, 2.75) is 57.7 Å². The fourth-order valence-electron chi connectivity index (χ4n) is 3.17. The summed E-state index contributed by atoms with van der Waals surface area (Å²) in [5.41, 5.74) is 0.375. The number of methoxy groups -OCH3 is 1. The van der Waals surface area contributed by atoms with Crippen LogP contribution in [0.5, 0.6) is 5.75 Å². The number of ether oxygens (including phenoxy) is 2. The van der Waals surface area contributed by atoms with Crippen LogP contribution in [-0.2, 0) is 4.74 Å². The summed E-state index contributed by atoms with van der Waals surface area (Å²) < 4.78 is 11.6. The number of aliphatic hydroxyl groups is 1. The van der Waals surface area contributed by atoms with E-state index in [4.69, 9.17) is 9.47 Å². The molecule has 0 aromatic heterocycles. The lowest BCUT2D eigenvalue weighted by Crippen LogP contribution is -2.42. The molecule has 0 heterocycles. The van der Waals surface area contributed by atoms with Crippen LogP contribution in [0.2, 0.25) is 0 Å². The fraction of sp³-hybridized carbons (Fsp3) is 0.667. The Kier molecular flexibility index (Phi) is 5.65. The normalized spacial score (nSPS) is 27.3. The topological polar surface area (TPSA) is 38.7 Å². The molecule has 1 atom stereocenters. The summed E-state index contributed by atoms with van der Waals surface area (Å²) in [7, 11) is 1.72. The lowest BCUT2D eigenvalue weighted by molar-refractivity contribution is -0.131. The van der Waals surface area contributed by atoms with E-state index in [1.807, 2.05) is 24.3 Å². The highest BCUT2D eigenvalue weighted by Crippen LogP contribution is 2.44. The Morgan fingerprint density at radius 1 is 1.29 bits per heavy atom. The van der Waals surface area contributed by atoms with Crippen molar-refractivity contribution >= 4 is 0 Å². The third-order valence-corrected chi connectivity index (χ3v) is 4.70. The maximum absolute atomic E-state index is 11.0. The van der Waals surface area contributed by atoms with Crippen LogP contribution in [0.3, 0.4) is 0 Å². The minimum atomic E-state index is -0.636. The van der Waals surface area contributed by atoms with Crippen LogP contribution in [0, 0.1) is 5.92 Å². The van der Waals surface area contributed by atoms with Gasteiger partial charge in [-0.25, -0.2) is 0 Å². The molecule has 1 unspecified atom stereocenters. The van der Waals surface area contributed by atoms with Crippen molar-refractivity contribution < 1.29 is 14.6 Å². The van der Waals surface area contributed by atoms with Crippen LogP contribution in [0.15, 0.2) is 24.3 Å². The maximum Gasteiger partial charge on any atom is 0.125 e. The summed E-state index contributed by atoms with van der Waals surface area (Å²) in [5, 5.41) is 11.0. The molecule has 1 saturated carbocycles. The van der Waals surface area contributed by atoms with Gasteiger partial charge in [0.15, 0.2) is 0 Å². The van der Waals surface area contributed by atoms with Crippen molar-refractivity contribution in [1.29, 1.82) is 0 Å². The van der Waals surface area contributed by atoms with E-state index in [1.54, 1.807) is 7.11 Å². The van der Waals surface area contributed by atoms with E-state index in [0.29, 0.717) is 12.5 Å². The fourth-order valence-corrected chi connectivity index (χ4v) is 3.17. The van der Waals surface area contributed by atoms with Gasteiger partial charge in [0.2, 0.25) is 0 Å². The molecule has 0 aliphatic heterocycles. The van der Waals surface area contributed by atoms with Gasteiger partial charge in [0.25, 0.3) is 0 Å². The second-order valence-corrected chi connectivity index (χ2v) is 6.24. The van der Waals surface area contributed by atoms with E-state index < -0.39 is 11.7 Å². The van der Waals surface area contributed by atoms with Crippen molar-refractivity contribution in [3.63, 3.8) is 0 Å². The summed E-state index contributed by atoms with van der Waals surface area (Å²) in [5.74, 6) is 1.49. The van der Waals surface area contributed by atoms with Crippen LogP contribution >= 0.6 is 0 Å². The molecule has 0 saturated heterocycles. The standard InChI is InChI=1S/C18H28O3/c1-4-13-21-16-8-6-5-7-15(16)17(19)18(20-3)11-9-14(2)10-12-18/h5-8,14,17,19H,4,9-13H2,1-3H3. The van der Waals surface area contributed by atoms with Crippen LogP contribution in [0.4, 0.5) is 0 Å². The lowest BCUT2D eigenvalue weighted by atomic mass is 9.74. The zero-order chi connectivity index (χ0) is 15.3. The number of para-hydroxylation sites is 1. The SMILES string of the molecule is CCCOc1ccccc1C(O)C1(OC)CCC(C)CC1. The molecule has 3 heteroatoms. The number of aliphatic hydroxyl groups excluding tert-OH is 1. The van der Waals surface area contributed by atoms with Crippen molar-refractivity contribution in [2.75, 3.05) is 13.7 Å². The Labute approximate surface area is 128 Å². The first kappa shape index (κ1) is 16.3. The largest absolute Gasteiger partial charge is 0.493 e. The molecule has 1 aromatic carbocycles. The molecule has 1 aliphatic rings. The predicted octanol–water partition coefficient (Wildman–Crippen LogP) is 4.10. The summed E-state index contributed by atoms with van der Waals surface area (Å²) in [6, 6.07) is 7.79. The molecule has 0 radical (unpaired) electrons. The van der Waals surface area contributed by atoms with Crippen molar-refractivity contribution in [3.05, 3.63) is 29.8 Å². The van der Waals surface area contributed by atoms with E-state index >= 15 is 0 Å². The Morgan fingerprint density at radius 2 is 1.95 bits per heavy atom. The van der Waals surface area contributed by atoms with Crippen molar-refractivity contribution in [2.24, 2.45) is 5.92 Å². The van der Waals surface area contributed by atoms with Gasteiger partial charge in [0.1, 0.15) is 11.9 Å². The minimum Gasteiger partial charge on any atom is -0.493 e. The van der Waals surface area contributed by atoms with Gasteiger partial charge in [-0.1, -0.05) is 32.0 Å². The third-order valence-electron chi connectivity index (χ3n) is 4.70. The van der Waals surface area contributed by atoms with Gasteiger partial charge in [-0.3, -0.25) is 0 Å². The molecule has 3 nitrogen and oxygen atoms in total. The maximum atomic E-state index is 11.0. The van der Waals surface area contributed by atoms with Crippen LogP contribution in [0.1, 0.15) is 57.6 Å². The monoisotopic (exact) mass is 292 g/mol. The van der Waals surface area contributed by atoms with Crippen molar-refractivity contribution in [3.8, 4) is 5.75 Å². The first-order valence-electron chi connectivity index (χ1n) is 8.08. The Hall–Kier alpha value is -1.06. The van der Waals surface area contributed by atoms with E-state index in [0.717, 1.165) is 43.4 Å². The molecule has 2 rings (SSSR count). The highest BCUT2D eigenvalue weighted by atomic mass is 16.5. The summed E-state index contributed by atoms with van der Waals surface area (Å²) >= 11 is 0. The van der Waals surface area contributed by atoms with Gasteiger partial charge >= 0.3 is 0 Å². The predicted molar refractivity (Wildman–Crippen MR) is 84.6 cm³/mol. The number of rotatable bonds is 6. The second kappa shape index (κ2) is 7.28. The number of hydrogen-bond donors (Lipinski definition) is 1. The van der Waals surface area contributed by atoms with Crippen LogP contribution < -0.4 is 4.74 Å². The second-order valence-electron chi connectivity index (χ2n) is 6.24. The molecule has 1 aliphatic carbocycles. The number of hydrogen-bond acceptors (Lipinski definition) is 3. The molecule has 1 aromatic rings. The first-order chi connectivity index (χ1) is 10.1. The lowest BCUT2D eigenvalue weighted by Gasteiger charge is -2.42. The van der Waals surface area contributed by atoms with E-state index in [-0.39, 0.29) is 0 Å². The average Bonchev–Trinajstić information content (AvgIpc) is 2.53. The summed E-state index contributed by atoms with van der Waals surface area (Å²) in [6.45, 7) is 5.02. The summed E-state index contributed by atoms with van der Waals surface area (Å²) in [4.78, 5) is 0.